The average molecular weight is 349 g/mol. The number of oxazole rings is 1. The molecule has 0 aliphatic carbocycles. The number of aryl methyl sites for hydroxylation is 2. The summed E-state index contributed by atoms with van der Waals surface area (Å²) in [5.74, 6) is 2.20. The van der Waals surface area contributed by atoms with Gasteiger partial charge in [-0.1, -0.05) is 0 Å². The maximum Gasteiger partial charge on any atom is 0.321 e. The molecule has 2 N–H and O–H groups in total. The van der Waals surface area contributed by atoms with Gasteiger partial charge in [0.1, 0.15) is 5.76 Å². The number of nitrogens with zero attached hydrogens (tertiary/aromatic N) is 3. The molecular weight excluding hydrogens is 326 g/mol. The Morgan fingerprint density at radius 2 is 2.21 bits per heavy atom. The predicted molar refractivity (Wildman–Crippen MR) is 93.1 cm³/mol. The van der Waals surface area contributed by atoms with Crippen molar-refractivity contribution < 1.29 is 9.21 Å². The van der Waals surface area contributed by atoms with Crippen LogP contribution in [0.3, 0.4) is 0 Å². The van der Waals surface area contributed by atoms with Crippen LogP contribution in [-0.2, 0) is 6.54 Å². The summed E-state index contributed by atoms with van der Waals surface area (Å²) in [6.07, 6.45) is 3.80. The quantitative estimate of drug-likeness (QED) is 0.867. The summed E-state index contributed by atoms with van der Waals surface area (Å²) in [6.45, 7) is 7.38. The van der Waals surface area contributed by atoms with Crippen molar-refractivity contribution in [3.63, 3.8) is 0 Å². The van der Waals surface area contributed by atoms with E-state index >= 15 is 0 Å². The normalized spacial score (nSPS) is 16.2. The molecule has 0 bridgehead atoms. The van der Waals surface area contributed by atoms with Gasteiger partial charge in [0.2, 0.25) is 5.89 Å². The zero-order valence-electron chi connectivity index (χ0n) is 14.0. The molecular formula is C16H23N5O2S. The average Bonchev–Trinajstić information content (AvgIpc) is 3.17. The molecule has 24 heavy (non-hydrogen) atoms. The number of hydrogen-bond acceptors (Lipinski definition) is 6. The van der Waals surface area contributed by atoms with Crippen LogP contribution in [0.5, 0.6) is 0 Å². The fourth-order valence-electron chi connectivity index (χ4n) is 2.81. The molecule has 2 aromatic rings. The van der Waals surface area contributed by atoms with E-state index in [9.17, 15) is 4.79 Å². The molecule has 0 saturated carbocycles. The van der Waals surface area contributed by atoms with Crippen LogP contribution in [0.1, 0.15) is 30.2 Å². The first-order chi connectivity index (χ1) is 11.6. The summed E-state index contributed by atoms with van der Waals surface area (Å²) in [6, 6.07) is -0.182. The first-order valence-electron chi connectivity index (χ1n) is 8.20. The molecule has 3 rings (SSSR count). The number of piperidine rings is 1. The van der Waals surface area contributed by atoms with E-state index in [-0.39, 0.29) is 6.03 Å². The summed E-state index contributed by atoms with van der Waals surface area (Å²) >= 11 is 1.41. The van der Waals surface area contributed by atoms with Gasteiger partial charge >= 0.3 is 6.03 Å². The monoisotopic (exact) mass is 349 g/mol. The zero-order chi connectivity index (χ0) is 16.9. The van der Waals surface area contributed by atoms with Crippen molar-refractivity contribution in [1.82, 2.24) is 20.2 Å². The SMILES string of the molecule is Cc1nc(CN2CCC(CNC(=O)Nc3nccs3)CC2)oc1C. The number of carbonyl (C=O) groups is 1. The lowest BCUT2D eigenvalue weighted by molar-refractivity contribution is 0.162. The largest absolute Gasteiger partial charge is 0.444 e. The van der Waals surface area contributed by atoms with Crippen molar-refractivity contribution in [3.8, 4) is 0 Å². The summed E-state index contributed by atoms with van der Waals surface area (Å²) in [7, 11) is 0. The third kappa shape index (κ3) is 4.55. The fraction of sp³-hybridized carbons (Fsp3) is 0.562. The fourth-order valence-corrected chi connectivity index (χ4v) is 3.33. The summed E-state index contributed by atoms with van der Waals surface area (Å²) in [5.41, 5.74) is 0.968. The zero-order valence-corrected chi connectivity index (χ0v) is 14.9. The smallest absolute Gasteiger partial charge is 0.321 e. The Hall–Kier alpha value is -1.93. The second-order valence-electron chi connectivity index (χ2n) is 6.14. The Bertz CT molecular complexity index is 643. The molecule has 0 aromatic carbocycles. The lowest BCUT2D eigenvalue weighted by atomic mass is 9.97. The number of urea groups is 1. The van der Waals surface area contributed by atoms with Crippen LogP contribution in [0.2, 0.25) is 0 Å². The molecule has 0 spiro atoms. The molecule has 7 nitrogen and oxygen atoms in total. The van der Waals surface area contributed by atoms with Crippen molar-refractivity contribution in [2.45, 2.75) is 33.2 Å². The van der Waals surface area contributed by atoms with E-state index in [2.05, 4.69) is 25.5 Å². The highest BCUT2D eigenvalue weighted by atomic mass is 32.1. The number of nitrogens with one attached hydrogen (secondary N) is 2. The topological polar surface area (TPSA) is 83.3 Å². The van der Waals surface area contributed by atoms with E-state index in [1.165, 1.54) is 11.3 Å². The molecule has 130 valence electrons. The molecule has 3 heterocycles. The molecule has 1 aliphatic heterocycles. The standard InChI is InChI=1S/C16H23N5O2S/c1-11-12(2)23-14(19-11)10-21-6-3-13(4-7-21)9-18-15(22)20-16-17-5-8-24-16/h5,8,13H,3-4,6-7,9-10H2,1-2H3,(H2,17,18,20,22). The summed E-state index contributed by atoms with van der Waals surface area (Å²) < 4.78 is 5.65. The Morgan fingerprint density at radius 1 is 1.42 bits per heavy atom. The maximum absolute atomic E-state index is 11.8. The summed E-state index contributed by atoms with van der Waals surface area (Å²) in [5, 5.41) is 8.13. The first-order valence-corrected chi connectivity index (χ1v) is 9.07. The number of amides is 2. The minimum absolute atomic E-state index is 0.182. The first kappa shape index (κ1) is 16.9. The third-order valence-corrected chi connectivity index (χ3v) is 5.03. The van der Waals surface area contributed by atoms with Gasteiger partial charge in [0.15, 0.2) is 5.13 Å². The van der Waals surface area contributed by atoms with Crippen molar-refractivity contribution in [2.75, 3.05) is 25.0 Å². The number of likely N-dealkylation sites (tertiary alicyclic amines) is 1. The van der Waals surface area contributed by atoms with E-state index in [0.717, 1.165) is 49.8 Å². The van der Waals surface area contributed by atoms with Crippen molar-refractivity contribution in [2.24, 2.45) is 5.92 Å². The van der Waals surface area contributed by atoms with Gasteiger partial charge in [-0.15, -0.1) is 11.3 Å². The van der Waals surface area contributed by atoms with Gasteiger partial charge in [-0.2, -0.15) is 0 Å². The Kier molecular flexibility index (Phi) is 5.47. The molecule has 0 unspecified atom stereocenters. The van der Waals surface area contributed by atoms with Crippen LogP contribution in [0.15, 0.2) is 16.0 Å². The van der Waals surface area contributed by atoms with E-state index in [0.29, 0.717) is 17.6 Å². The second kappa shape index (κ2) is 7.76. The minimum atomic E-state index is -0.182. The number of carbonyl (C=O) groups excluding carboxylic acids is 1. The Morgan fingerprint density at radius 3 is 2.83 bits per heavy atom. The lowest BCUT2D eigenvalue weighted by Crippen LogP contribution is -2.39. The van der Waals surface area contributed by atoms with E-state index in [4.69, 9.17) is 4.42 Å². The van der Waals surface area contributed by atoms with Crippen molar-refractivity contribution >= 4 is 22.5 Å². The van der Waals surface area contributed by atoms with Gasteiger partial charge in [-0.25, -0.2) is 14.8 Å². The van der Waals surface area contributed by atoms with E-state index in [1.807, 2.05) is 19.2 Å². The number of rotatable bonds is 5. The number of hydrogen-bond donors (Lipinski definition) is 2. The highest BCUT2D eigenvalue weighted by Gasteiger charge is 2.21. The van der Waals surface area contributed by atoms with Gasteiger partial charge in [-0.05, 0) is 45.7 Å². The van der Waals surface area contributed by atoms with E-state index in [1.54, 1.807) is 6.20 Å². The van der Waals surface area contributed by atoms with Crippen LogP contribution in [0, 0.1) is 19.8 Å². The van der Waals surface area contributed by atoms with Crippen LogP contribution >= 0.6 is 11.3 Å². The number of anilines is 1. The van der Waals surface area contributed by atoms with Crippen molar-refractivity contribution in [1.29, 1.82) is 0 Å². The summed E-state index contributed by atoms with van der Waals surface area (Å²) in [4.78, 5) is 22.6. The van der Waals surface area contributed by atoms with Crippen molar-refractivity contribution in [3.05, 3.63) is 28.9 Å². The van der Waals surface area contributed by atoms with Crippen LogP contribution in [0.4, 0.5) is 9.93 Å². The van der Waals surface area contributed by atoms with Gasteiger partial charge in [0, 0.05) is 18.1 Å². The molecule has 1 aliphatic rings. The van der Waals surface area contributed by atoms with Gasteiger partial charge in [0.25, 0.3) is 0 Å². The minimum Gasteiger partial charge on any atom is -0.444 e. The molecule has 1 saturated heterocycles. The maximum atomic E-state index is 11.8. The van der Waals surface area contributed by atoms with Gasteiger partial charge in [-0.3, -0.25) is 10.2 Å². The molecule has 8 heteroatoms. The van der Waals surface area contributed by atoms with Crippen LogP contribution < -0.4 is 10.6 Å². The second-order valence-corrected chi connectivity index (χ2v) is 7.04. The highest BCUT2D eigenvalue weighted by Crippen LogP contribution is 2.19. The molecule has 0 atom stereocenters. The van der Waals surface area contributed by atoms with Gasteiger partial charge < -0.3 is 9.73 Å². The number of thiazole rings is 1. The Labute approximate surface area is 145 Å². The lowest BCUT2D eigenvalue weighted by Gasteiger charge is -2.31. The predicted octanol–water partition coefficient (Wildman–Crippen LogP) is 2.78. The Balaban J connectivity index is 1.36. The molecule has 2 aromatic heterocycles. The molecule has 1 fully saturated rings. The molecule has 0 radical (unpaired) electrons. The van der Waals surface area contributed by atoms with E-state index < -0.39 is 0 Å². The molecule has 2 amide bonds. The third-order valence-electron chi connectivity index (χ3n) is 4.34. The van der Waals surface area contributed by atoms with Gasteiger partial charge in [0.05, 0.1) is 12.2 Å². The van der Waals surface area contributed by atoms with Crippen LogP contribution in [0.25, 0.3) is 0 Å². The highest BCUT2D eigenvalue weighted by molar-refractivity contribution is 7.13. The van der Waals surface area contributed by atoms with Crippen LogP contribution in [-0.4, -0.2) is 40.5 Å². The number of aromatic nitrogens is 2.